The molecule has 0 aliphatic carbocycles. The van der Waals surface area contributed by atoms with Crippen LogP contribution in [0.5, 0.6) is 0 Å². The van der Waals surface area contributed by atoms with Crippen LogP contribution in [0.3, 0.4) is 0 Å². The first-order chi connectivity index (χ1) is 16.7. The van der Waals surface area contributed by atoms with Crippen molar-refractivity contribution >= 4 is 11.7 Å². The highest BCUT2D eigenvalue weighted by atomic mass is 19.4. The number of hydrogen-bond acceptors (Lipinski definition) is 6. The molecule has 2 aromatic heterocycles. The van der Waals surface area contributed by atoms with Crippen molar-refractivity contribution < 1.29 is 18.0 Å². The number of benzene rings is 1. The molecule has 8 nitrogen and oxygen atoms in total. The van der Waals surface area contributed by atoms with Gasteiger partial charge in [-0.25, -0.2) is 9.50 Å². The summed E-state index contributed by atoms with van der Waals surface area (Å²) in [5.74, 6) is -1.41. The van der Waals surface area contributed by atoms with Crippen molar-refractivity contribution in [2.75, 3.05) is 39.3 Å². The van der Waals surface area contributed by atoms with Gasteiger partial charge in [-0.1, -0.05) is 30.3 Å². The molecule has 1 aromatic carbocycles. The predicted octanol–water partition coefficient (Wildman–Crippen LogP) is 2.63. The Morgan fingerprint density at radius 2 is 1.71 bits per heavy atom. The highest BCUT2D eigenvalue weighted by Crippen LogP contribution is 2.27. The molecule has 1 saturated heterocycles. The fourth-order valence-electron chi connectivity index (χ4n) is 4.38. The average Bonchev–Trinajstić information content (AvgIpc) is 3.26. The van der Waals surface area contributed by atoms with E-state index in [1.165, 1.54) is 5.56 Å². The topological polar surface area (TPSA) is 78.7 Å². The average molecular weight is 490 g/mol. The number of carbonyl (C=O) groups is 1. The maximum absolute atomic E-state index is 12.9. The molecular formula is C24H30F3N7O. The molecule has 3 aromatic rings. The number of halogens is 3. The minimum Gasteiger partial charge on any atom is -0.355 e. The zero-order valence-electron chi connectivity index (χ0n) is 20.0. The molecule has 0 bridgehead atoms. The van der Waals surface area contributed by atoms with Crippen molar-refractivity contribution in [3.8, 4) is 0 Å². The van der Waals surface area contributed by atoms with Crippen molar-refractivity contribution in [3.05, 3.63) is 58.7 Å². The Bertz CT molecular complexity index is 1160. The van der Waals surface area contributed by atoms with Crippen LogP contribution < -0.4 is 5.32 Å². The maximum Gasteiger partial charge on any atom is 0.453 e. The number of alkyl halides is 3. The Morgan fingerprint density at radius 3 is 2.40 bits per heavy atom. The highest BCUT2D eigenvalue weighted by Gasteiger charge is 2.37. The number of hydrogen-bond donors (Lipinski definition) is 1. The van der Waals surface area contributed by atoms with Crippen LogP contribution in [-0.4, -0.2) is 74.6 Å². The molecule has 0 atom stereocenters. The monoisotopic (exact) mass is 489 g/mol. The number of aromatic nitrogens is 4. The van der Waals surface area contributed by atoms with Crippen molar-refractivity contribution in [1.82, 2.24) is 34.7 Å². The first-order valence-corrected chi connectivity index (χ1v) is 11.8. The van der Waals surface area contributed by atoms with E-state index < -0.39 is 12.0 Å². The SMILES string of the molecule is Cc1nc2nc(C(F)(F)F)nn2c(C)c1CCC(=O)NCCN1CCN(Cc2ccccc2)CC1. The first-order valence-electron chi connectivity index (χ1n) is 11.8. The van der Waals surface area contributed by atoms with Crippen molar-refractivity contribution in [1.29, 1.82) is 0 Å². The molecular weight excluding hydrogens is 459 g/mol. The lowest BCUT2D eigenvalue weighted by Gasteiger charge is -2.34. The van der Waals surface area contributed by atoms with Gasteiger partial charge in [-0.05, 0) is 31.4 Å². The molecule has 1 N–H and O–H groups in total. The third-order valence-electron chi connectivity index (χ3n) is 6.37. The van der Waals surface area contributed by atoms with Crippen molar-refractivity contribution in [2.45, 2.75) is 39.4 Å². The van der Waals surface area contributed by atoms with Crippen molar-refractivity contribution in [3.63, 3.8) is 0 Å². The smallest absolute Gasteiger partial charge is 0.355 e. The van der Waals surface area contributed by atoms with Gasteiger partial charge in [0, 0.05) is 63.6 Å². The molecule has 1 aliphatic rings. The summed E-state index contributed by atoms with van der Waals surface area (Å²) >= 11 is 0. The molecule has 1 fully saturated rings. The first kappa shape index (κ1) is 25.1. The molecule has 1 amide bonds. The van der Waals surface area contributed by atoms with Crippen LogP contribution >= 0.6 is 0 Å². The van der Waals surface area contributed by atoms with Gasteiger partial charge in [0.1, 0.15) is 0 Å². The maximum atomic E-state index is 12.9. The van der Waals surface area contributed by atoms with Gasteiger partial charge < -0.3 is 5.32 Å². The lowest BCUT2D eigenvalue weighted by Crippen LogP contribution is -2.48. The molecule has 4 rings (SSSR count). The van der Waals surface area contributed by atoms with Gasteiger partial charge >= 0.3 is 6.18 Å². The zero-order valence-corrected chi connectivity index (χ0v) is 20.0. The zero-order chi connectivity index (χ0) is 25.0. The third-order valence-corrected chi connectivity index (χ3v) is 6.37. The van der Waals surface area contributed by atoms with Crippen LogP contribution in [0.25, 0.3) is 5.78 Å². The summed E-state index contributed by atoms with van der Waals surface area (Å²) in [6, 6.07) is 10.4. The number of rotatable bonds is 8. The molecule has 11 heteroatoms. The number of piperazine rings is 1. The van der Waals surface area contributed by atoms with Crippen LogP contribution in [0.2, 0.25) is 0 Å². The van der Waals surface area contributed by atoms with E-state index in [1.54, 1.807) is 13.8 Å². The molecule has 3 heterocycles. The van der Waals surface area contributed by atoms with Gasteiger partial charge in [0.05, 0.1) is 0 Å². The van der Waals surface area contributed by atoms with E-state index >= 15 is 0 Å². The quantitative estimate of drug-likeness (QED) is 0.524. The van der Waals surface area contributed by atoms with E-state index in [1.807, 2.05) is 6.07 Å². The molecule has 0 spiro atoms. The van der Waals surface area contributed by atoms with E-state index in [-0.39, 0.29) is 18.1 Å². The second kappa shape index (κ2) is 10.7. The second-order valence-corrected chi connectivity index (χ2v) is 8.86. The van der Waals surface area contributed by atoms with Gasteiger partial charge in [0.2, 0.25) is 5.91 Å². The highest BCUT2D eigenvalue weighted by molar-refractivity contribution is 5.76. The Labute approximate surface area is 202 Å². The van der Waals surface area contributed by atoms with E-state index in [0.717, 1.165) is 43.8 Å². The normalized spacial score (nSPS) is 15.6. The van der Waals surface area contributed by atoms with Crippen LogP contribution in [-0.2, 0) is 23.9 Å². The number of carbonyl (C=O) groups excluding carboxylic acids is 1. The summed E-state index contributed by atoms with van der Waals surface area (Å²) in [5.41, 5.74) is 3.09. The van der Waals surface area contributed by atoms with Gasteiger partial charge in [-0.15, -0.1) is 5.10 Å². The van der Waals surface area contributed by atoms with Gasteiger partial charge in [0.15, 0.2) is 0 Å². The summed E-state index contributed by atoms with van der Waals surface area (Å²) < 4.78 is 39.9. The fraction of sp³-hybridized carbons (Fsp3) is 0.500. The van der Waals surface area contributed by atoms with Gasteiger partial charge in [0.25, 0.3) is 11.6 Å². The largest absolute Gasteiger partial charge is 0.453 e. The predicted molar refractivity (Wildman–Crippen MR) is 125 cm³/mol. The summed E-state index contributed by atoms with van der Waals surface area (Å²) in [7, 11) is 0. The van der Waals surface area contributed by atoms with Gasteiger partial charge in [-0.3, -0.25) is 14.6 Å². The van der Waals surface area contributed by atoms with Crippen LogP contribution in [0.4, 0.5) is 13.2 Å². The number of nitrogens with one attached hydrogen (secondary N) is 1. The summed E-state index contributed by atoms with van der Waals surface area (Å²) in [6.45, 7) is 9.60. The minimum atomic E-state index is -4.64. The molecule has 0 saturated carbocycles. The summed E-state index contributed by atoms with van der Waals surface area (Å²) in [4.78, 5) is 24.8. The lowest BCUT2D eigenvalue weighted by molar-refractivity contribution is -0.144. The Kier molecular flexibility index (Phi) is 7.66. The number of aryl methyl sites for hydroxylation is 2. The number of amides is 1. The standard InChI is InChI=1S/C24H30F3N7O/c1-17-20(18(2)34-23(29-17)30-22(31-34)24(25,26)27)8-9-21(35)28-10-11-32-12-14-33(15-13-32)16-19-6-4-3-5-7-19/h3-7H,8-16H2,1-2H3,(H,28,35). The Hall–Kier alpha value is -3.05. The lowest BCUT2D eigenvalue weighted by atomic mass is 10.1. The van der Waals surface area contributed by atoms with Crippen LogP contribution in [0, 0.1) is 13.8 Å². The molecule has 0 unspecified atom stereocenters. The number of fused-ring (bicyclic) bond motifs is 1. The van der Waals surface area contributed by atoms with Crippen molar-refractivity contribution in [2.24, 2.45) is 0 Å². The fourth-order valence-corrected chi connectivity index (χ4v) is 4.38. The van der Waals surface area contributed by atoms with Crippen LogP contribution in [0.15, 0.2) is 30.3 Å². The molecule has 188 valence electrons. The molecule has 1 aliphatic heterocycles. The second-order valence-electron chi connectivity index (χ2n) is 8.86. The van der Waals surface area contributed by atoms with E-state index in [9.17, 15) is 18.0 Å². The van der Waals surface area contributed by atoms with E-state index in [2.05, 4.69) is 54.4 Å². The van der Waals surface area contributed by atoms with Gasteiger partial charge in [-0.2, -0.15) is 18.2 Å². The Morgan fingerprint density at radius 1 is 1.03 bits per heavy atom. The Balaban J connectivity index is 1.21. The summed E-state index contributed by atoms with van der Waals surface area (Å²) in [5, 5.41) is 6.50. The van der Waals surface area contributed by atoms with Crippen LogP contribution in [0.1, 0.15) is 34.8 Å². The third kappa shape index (κ3) is 6.34. The number of nitrogens with zero attached hydrogens (tertiary/aromatic N) is 6. The molecule has 35 heavy (non-hydrogen) atoms. The summed E-state index contributed by atoms with van der Waals surface area (Å²) in [6.07, 6.45) is -4.05. The van der Waals surface area contributed by atoms with E-state index in [0.29, 0.717) is 29.9 Å². The molecule has 0 radical (unpaired) electrons. The van der Waals surface area contributed by atoms with E-state index in [4.69, 9.17) is 0 Å². The minimum absolute atomic E-state index is 0.0932.